The van der Waals surface area contributed by atoms with Crippen molar-refractivity contribution in [3.63, 3.8) is 0 Å². The molecule has 4 fully saturated rings. The third-order valence-corrected chi connectivity index (χ3v) is 5.96. The van der Waals surface area contributed by atoms with E-state index in [9.17, 15) is 14.0 Å². The summed E-state index contributed by atoms with van der Waals surface area (Å²) in [6.45, 7) is -0.0298. The summed E-state index contributed by atoms with van der Waals surface area (Å²) in [6, 6.07) is 5.32. The first-order valence-corrected chi connectivity index (χ1v) is 8.86. The molecule has 0 unspecified atom stereocenters. The highest BCUT2D eigenvalue weighted by molar-refractivity contribution is 5.96. The SMILES string of the molecule is O=C(CNC(=O)c1ccc(F)cc1)NC12CC3CC(CC(C3)C1)C2. The molecular weight excluding hydrogens is 307 g/mol. The molecule has 4 bridgehead atoms. The van der Waals surface area contributed by atoms with Gasteiger partial charge in [0.2, 0.25) is 5.91 Å². The zero-order chi connectivity index (χ0) is 16.7. The van der Waals surface area contributed by atoms with E-state index in [0.29, 0.717) is 5.56 Å². The second-order valence-corrected chi connectivity index (χ2v) is 7.94. The smallest absolute Gasteiger partial charge is 0.251 e. The minimum atomic E-state index is -0.383. The zero-order valence-corrected chi connectivity index (χ0v) is 13.7. The van der Waals surface area contributed by atoms with Crippen LogP contribution in [-0.2, 0) is 4.79 Å². The molecular formula is C19H23FN2O2. The van der Waals surface area contributed by atoms with Gasteiger partial charge in [0, 0.05) is 11.1 Å². The molecule has 2 amide bonds. The van der Waals surface area contributed by atoms with Crippen molar-refractivity contribution in [3.8, 4) is 0 Å². The molecule has 0 aliphatic heterocycles. The Hall–Kier alpha value is -1.91. The van der Waals surface area contributed by atoms with Crippen molar-refractivity contribution in [2.75, 3.05) is 6.54 Å². The van der Waals surface area contributed by atoms with Gasteiger partial charge in [-0.15, -0.1) is 0 Å². The van der Waals surface area contributed by atoms with Gasteiger partial charge < -0.3 is 10.6 Å². The molecule has 0 aromatic heterocycles. The molecule has 0 radical (unpaired) electrons. The number of amides is 2. The van der Waals surface area contributed by atoms with Crippen LogP contribution in [0.4, 0.5) is 4.39 Å². The first-order valence-electron chi connectivity index (χ1n) is 8.86. The molecule has 0 heterocycles. The minimum Gasteiger partial charge on any atom is -0.349 e. The molecule has 5 rings (SSSR count). The predicted molar refractivity (Wildman–Crippen MR) is 87.8 cm³/mol. The van der Waals surface area contributed by atoms with Crippen LogP contribution in [0.3, 0.4) is 0 Å². The summed E-state index contributed by atoms with van der Waals surface area (Å²) in [5.41, 5.74) is 0.325. The van der Waals surface area contributed by atoms with Gasteiger partial charge in [-0.05, 0) is 80.5 Å². The summed E-state index contributed by atoms with van der Waals surface area (Å²) in [4.78, 5) is 24.3. The number of rotatable bonds is 4. The van der Waals surface area contributed by atoms with Gasteiger partial charge in [-0.25, -0.2) is 4.39 Å². The van der Waals surface area contributed by atoms with Crippen LogP contribution in [0.25, 0.3) is 0 Å². The van der Waals surface area contributed by atoms with E-state index in [4.69, 9.17) is 0 Å². The van der Waals surface area contributed by atoms with Crippen molar-refractivity contribution < 1.29 is 14.0 Å². The van der Waals surface area contributed by atoms with Gasteiger partial charge in [0.25, 0.3) is 5.91 Å². The molecule has 0 spiro atoms. The van der Waals surface area contributed by atoms with Crippen molar-refractivity contribution >= 4 is 11.8 Å². The number of halogens is 1. The minimum absolute atomic E-state index is 0.0298. The summed E-state index contributed by atoms with van der Waals surface area (Å²) in [7, 11) is 0. The van der Waals surface area contributed by atoms with Crippen LogP contribution < -0.4 is 10.6 Å². The van der Waals surface area contributed by atoms with Crippen molar-refractivity contribution in [1.29, 1.82) is 0 Å². The van der Waals surface area contributed by atoms with E-state index in [-0.39, 0.29) is 29.7 Å². The fourth-order valence-corrected chi connectivity index (χ4v) is 5.47. The number of hydrogen-bond donors (Lipinski definition) is 2. The Morgan fingerprint density at radius 1 is 1.00 bits per heavy atom. The molecule has 0 saturated heterocycles. The van der Waals surface area contributed by atoms with Gasteiger partial charge in [-0.2, -0.15) is 0 Å². The van der Waals surface area contributed by atoms with Crippen LogP contribution in [-0.4, -0.2) is 23.9 Å². The molecule has 1 aromatic carbocycles. The monoisotopic (exact) mass is 330 g/mol. The van der Waals surface area contributed by atoms with E-state index in [1.54, 1.807) is 0 Å². The van der Waals surface area contributed by atoms with Crippen LogP contribution in [0.1, 0.15) is 48.9 Å². The summed E-state index contributed by atoms with van der Waals surface area (Å²) in [5, 5.41) is 5.85. The van der Waals surface area contributed by atoms with Gasteiger partial charge in [-0.1, -0.05) is 0 Å². The van der Waals surface area contributed by atoms with Gasteiger partial charge in [0.05, 0.1) is 6.54 Å². The van der Waals surface area contributed by atoms with Crippen molar-refractivity contribution in [1.82, 2.24) is 10.6 Å². The highest BCUT2D eigenvalue weighted by Gasteiger charge is 2.51. The third-order valence-electron chi connectivity index (χ3n) is 5.96. The first kappa shape index (κ1) is 15.6. The maximum Gasteiger partial charge on any atom is 0.251 e. The molecule has 1 aromatic rings. The lowest BCUT2D eigenvalue weighted by molar-refractivity contribution is -0.125. The second-order valence-electron chi connectivity index (χ2n) is 7.94. The molecule has 24 heavy (non-hydrogen) atoms. The first-order chi connectivity index (χ1) is 11.5. The number of carbonyl (C=O) groups is 2. The van der Waals surface area contributed by atoms with Crippen LogP contribution >= 0.6 is 0 Å². The van der Waals surface area contributed by atoms with Crippen molar-refractivity contribution in [3.05, 3.63) is 35.6 Å². The highest BCUT2D eigenvalue weighted by Crippen LogP contribution is 2.55. The quantitative estimate of drug-likeness (QED) is 0.892. The van der Waals surface area contributed by atoms with Gasteiger partial charge in [0.15, 0.2) is 0 Å². The summed E-state index contributed by atoms with van der Waals surface area (Å²) >= 11 is 0. The van der Waals surface area contributed by atoms with Crippen molar-refractivity contribution in [2.45, 2.75) is 44.1 Å². The average Bonchev–Trinajstić information content (AvgIpc) is 2.51. The lowest BCUT2D eigenvalue weighted by Gasteiger charge is -2.56. The molecule has 4 aliphatic carbocycles. The van der Waals surface area contributed by atoms with E-state index in [1.165, 1.54) is 43.5 Å². The number of hydrogen-bond acceptors (Lipinski definition) is 2. The lowest BCUT2D eigenvalue weighted by atomic mass is 9.53. The van der Waals surface area contributed by atoms with E-state index in [2.05, 4.69) is 10.6 Å². The molecule has 4 nitrogen and oxygen atoms in total. The normalized spacial score (nSPS) is 33.3. The van der Waals surface area contributed by atoms with Gasteiger partial charge >= 0.3 is 0 Å². The Morgan fingerprint density at radius 3 is 2.08 bits per heavy atom. The predicted octanol–water partition coefficient (Wildman–Crippen LogP) is 2.64. The van der Waals surface area contributed by atoms with Gasteiger partial charge in [-0.3, -0.25) is 9.59 Å². The van der Waals surface area contributed by atoms with E-state index >= 15 is 0 Å². The number of carbonyl (C=O) groups excluding carboxylic acids is 2. The topological polar surface area (TPSA) is 58.2 Å². The van der Waals surface area contributed by atoms with E-state index < -0.39 is 0 Å². The molecule has 0 atom stereocenters. The Kier molecular flexibility index (Phi) is 3.82. The van der Waals surface area contributed by atoms with Crippen LogP contribution in [0.5, 0.6) is 0 Å². The summed E-state index contributed by atoms with van der Waals surface area (Å²) in [5.74, 6) is 1.45. The number of nitrogens with one attached hydrogen (secondary N) is 2. The van der Waals surface area contributed by atoms with Crippen LogP contribution in [0, 0.1) is 23.6 Å². The molecule has 2 N–H and O–H groups in total. The zero-order valence-electron chi connectivity index (χ0n) is 13.7. The Bertz CT molecular complexity index is 621. The van der Waals surface area contributed by atoms with Crippen molar-refractivity contribution in [2.24, 2.45) is 17.8 Å². The molecule has 5 heteroatoms. The fourth-order valence-electron chi connectivity index (χ4n) is 5.47. The largest absolute Gasteiger partial charge is 0.349 e. The highest BCUT2D eigenvalue weighted by atomic mass is 19.1. The lowest BCUT2D eigenvalue weighted by Crippen LogP contribution is -2.61. The average molecular weight is 330 g/mol. The Morgan fingerprint density at radius 2 is 1.54 bits per heavy atom. The number of benzene rings is 1. The Balaban J connectivity index is 1.32. The third kappa shape index (κ3) is 3.04. The summed E-state index contributed by atoms with van der Waals surface area (Å²) in [6.07, 6.45) is 7.27. The fraction of sp³-hybridized carbons (Fsp3) is 0.579. The molecule has 4 aliphatic rings. The van der Waals surface area contributed by atoms with Crippen LogP contribution in [0.2, 0.25) is 0 Å². The molecule has 128 valence electrons. The molecule has 4 saturated carbocycles. The standard InChI is InChI=1S/C19H23FN2O2/c20-16-3-1-15(2-4-16)18(24)21-11-17(23)22-19-8-12-5-13(9-19)7-14(6-12)10-19/h1-4,12-14H,5-11H2,(H,21,24)(H,22,23). The second kappa shape index (κ2) is 5.87. The summed E-state index contributed by atoms with van der Waals surface area (Å²) < 4.78 is 12.9. The van der Waals surface area contributed by atoms with E-state index in [1.807, 2.05) is 0 Å². The van der Waals surface area contributed by atoms with Crippen LogP contribution in [0.15, 0.2) is 24.3 Å². The maximum atomic E-state index is 12.9. The Labute approximate surface area is 141 Å². The van der Waals surface area contributed by atoms with E-state index in [0.717, 1.165) is 37.0 Å². The maximum absolute atomic E-state index is 12.9. The van der Waals surface area contributed by atoms with Gasteiger partial charge in [0.1, 0.15) is 5.82 Å².